The average Bonchev–Trinajstić information content (AvgIpc) is 3.04. The summed E-state index contributed by atoms with van der Waals surface area (Å²) in [5.41, 5.74) is 2.68. The Morgan fingerprint density at radius 1 is 1.38 bits per heavy atom. The van der Waals surface area contributed by atoms with Crippen molar-refractivity contribution in [2.45, 2.75) is 32.4 Å². The zero-order valence-electron chi connectivity index (χ0n) is 10.2. The molecule has 0 aliphatic heterocycles. The van der Waals surface area contributed by atoms with Crippen molar-refractivity contribution in [1.82, 2.24) is 4.90 Å². The molecule has 1 aromatic carbocycles. The van der Waals surface area contributed by atoms with E-state index in [9.17, 15) is 5.11 Å². The number of hydrogen-bond acceptors (Lipinski definition) is 2. The zero-order chi connectivity index (χ0) is 11.5. The molecule has 1 fully saturated rings. The minimum absolute atomic E-state index is 0.131. The van der Waals surface area contributed by atoms with E-state index in [1.165, 1.54) is 24.0 Å². The van der Waals surface area contributed by atoms with Gasteiger partial charge in [-0.3, -0.25) is 4.90 Å². The summed E-state index contributed by atoms with van der Waals surface area (Å²) in [6.07, 6.45) is 2.28. The summed E-state index contributed by atoms with van der Waals surface area (Å²) in [5, 5.41) is 9.87. The maximum Gasteiger partial charge on any atom is 0.0695 e. The summed E-state index contributed by atoms with van der Waals surface area (Å²) in [4.78, 5) is 2.21. The molecule has 0 spiro atoms. The van der Waals surface area contributed by atoms with E-state index < -0.39 is 0 Å². The Morgan fingerprint density at radius 3 is 2.69 bits per heavy atom. The molecule has 1 N–H and O–H groups in total. The molecule has 2 rings (SSSR count). The Morgan fingerprint density at radius 2 is 2.06 bits per heavy atom. The number of aryl methyl sites for hydroxylation is 1. The van der Waals surface area contributed by atoms with Crippen LogP contribution in [0.5, 0.6) is 0 Å². The van der Waals surface area contributed by atoms with Crippen molar-refractivity contribution in [3.05, 3.63) is 35.4 Å². The predicted octanol–water partition coefficient (Wildman–Crippen LogP) is 2.20. The largest absolute Gasteiger partial charge is 0.392 e. The minimum Gasteiger partial charge on any atom is -0.392 e. The molecule has 2 nitrogen and oxygen atoms in total. The molecule has 0 bridgehead atoms. The summed E-state index contributed by atoms with van der Waals surface area (Å²) in [5.74, 6) is 0.569. The number of aliphatic hydroxyl groups is 1. The maximum atomic E-state index is 9.87. The number of rotatable bonds is 5. The first-order valence-corrected chi connectivity index (χ1v) is 6.08. The first kappa shape index (κ1) is 11.6. The third-order valence-corrected chi connectivity index (χ3v) is 3.37. The summed E-state index contributed by atoms with van der Waals surface area (Å²) >= 11 is 0. The van der Waals surface area contributed by atoms with Gasteiger partial charge in [-0.05, 0) is 43.9 Å². The van der Waals surface area contributed by atoms with Gasteiger partial charge >= 0.3 is 0 Å². The van der Waals surface area contributed by atoms with Crippen LogP contribution in [-0.2, 0) is 6.54 Å². The zero-order valence-corrected chi connectivity index (χ0v) is 10.2. The molecule has 1 aliphatic rings. The van der Waals surface area contributed by atoms with Crippen LogP contribution in [0.3, 0.4) is 0 Å². The molecule has 0 amide bonds. The molecule has 0 radical (unpaired) electrons. The number of aliphatic hydroxyl groups excluding tert-OH is 1. The summed E-state index contributed by atoms with van der Waals surface area (Å²) < 4.78 is 0. The summed E-state index contributed by atoms with van der Waals surface area (Å²) in [6.45, 7) is 3.86. The number of likely N-dealkylation sites (N-methyl/N-ethyl adjacent to an activating group) is 1. The van der Waals surface area contributed by atoms with Crippen molar-refractivity contribution in [2.24, 2.45) is 5.92 Å². The Kier molecular flexibility index (Phi) is 3.62. The first-order valence-electron chi connectivity index (χ1n) is 6.08. The smallest absolute Gasteiger partial charge is 0.0695 e. The summed E-state index contributed by atoms with van der Waals surface area (Å²) in [6, 6.07) is 8.45. The maximum absolute atomic E-state index is 9.87. The average molecular weight is 219 g/mol. The van der Waals surface area contributed by atoms with E-state index >= 15 is 0 Å². The highest BCUT2D eigenvalue weighted by Crippen LogP contribution is 2.32. The highest BCUT2D eigenvalue weighted by molar-refractivity contribution is 5.25. The molecule has 1 atom stereocenters. The summed E-state index contributed by atoms with van der Waals surface area (Å²) in [7, 11) is 2.08. The van der Waals surface area contributed by atoms with Crippen molar-refractivity contribution >= 4 is 0 Å². The van der Waals surface area contributed by atoms with Crippen LogP contribution in [0.15, 0.2) is 24.3 Å². The third-order valence-electron chi connectivity index (χ3n) is 3.37. The van der Waals surface area contributed by atoms with Gasteiger partial charge in [0.2, 0.25) is 0 Å². The fraction of sp³-hybridized carbons (Fsp3) is 0.571. The highest BCUT2D eigenvalue weighted by atomic mass is 16.3. The van der Waals surface area contributed by atoms with Gasteiger partial charge in [-0.15, -0.1) is 0 Å². The Balaban J connectivity index is 1.86. The standard InChI is InChI=1S/C14H21NO/c1-11-5-3-4-6-13(11)9-15(2)10-14(16)12-7-8-12/h3-6,12,14,16H,7-10H2,1-2H3. The molecule has 1 unspecified atom stereocenters. The van der Waals surface area contributed by atoms with Crippen LogP contribution in [-0.4, -0.2) is 29.7 Å². The van der Waals surface area contributed by atoms with Crippen LogP contribution in [0.1, 0.15) is 24.0 Å². The first-order chi connectivity index (χ1) is 7.66. The van der Waals surface area contributed by atoms with Gasteiger partial charge in [0.05, 0.1) is 6.10 Å². The van der Waals surface area contributed by atoms with E-state index in [0.717, 1.165) is 13.1 Å². The van der Waals surface area contributed by atoms with E-state index in [4.69, 9.17) is 0 Å². The fourth-order valence-electron chi connectivity index (χ4n) is 2.09. The number of hydrogen-bond donors (Lipinski definition) is 1. The van der Waals surface area contributed by atoms with E-state index in [1.807, 2.05) is 0 Å². The van der Waals surface area contributed by atoms with Gasteiger partial charge in [0.1, 0.15) is 0 Å². The molecule has 0 aromatic heterocycles. The lowest BCUT2D eigenvalue weighted by atomic mass is 10.1. The van der Waals surface area contributed by atoms with Crippen molar-refractivity contribution in [3.8, 4) is 0 Å². The topological polar surface area (TPSA) is 23.5 Å². The molecular weight excluding hydrogens is 198 g/mol. The van der Waals surface area contributed by atoms with Crippen LogP contribution < -0.4 is 0 Å². The van der Waals surface area contributed by atoms with Gasteiger partial charge in [0.25, 0.3) is 0 Å². The Hall–Kier alpha value is -0.860. The predicted molar refractivity (Wildman–Crippen MR) is 66.2 cm³/mol. The molecular formula is C14H21NO. The molecule has 0 heterocycles. The molecule has 88 valence electrons. The quantitative estimate of drug-likeness (QED) is 0.820. The second-order valence-electron chi connectivity index (χ2n) is 5.03. The van der Waals surface area contributed by atoms with Crippen LogP contribution >= 0.6 is 0 Å². The van der Waals surface area contributed by atoms with Gasteiger partial charge in [0, 0.05) is 13.1 Å². The van der Waals surface area contributed by atoms with E-state index in [-0.39, 0.29) is 6.10 Å². The lowest BCUT2D eigenvalue weighted by Crippen LogP contribution is -2.30. The van der Waals surface area contributed by atoms with Crippen LogP contribution in [0.4, 0.5) is 0 Å². The second kappa shape index (κ2) is 4.98. The Labute approximate surface area is 97.9 Å². The normalized spacial score (nSPS) is 17.8. The number of nitrogens with zero attached hydrogens (tertiary/aromatic N) is 1. The second-order valence-corrected chi connectivity index (χ2v) is 5.03. The molecule has 16 heavy (non-hydrogen) atoms. The van der Waals surface area contributed by atoms with Gasteiger partial charge < -0.3 is 5.11 Å². The lowest BCUT2D eigenvalue weighted by molar-refractivity contribution is 0.104. The van der Waals surface area contributed by atoms with Crippen molar-refractivity contribution in [3.63, 3.8) is 0 Å². The van der Waals surface area contributed by atoms with Crippen molar-refractivity contribution < 1.29 is 5.11 Å². The monoisotopic (exact) mass is 219 g/mol. The third kappa shape index (κ3) is 3.06. The molecule has 1 saturated carbocycles. The highest BCUT2D eigenvalue weighted by Gasteiger charge is 2.30. The van der Waals surface area contributed by atoms with Gasteiger partial charge in [0.15, 0.2) is 0 Å². The van der Waals surface area contributed by atoms with E-state index in [0.29, 0.717) is 5.92 Å². The van der Waals surface area contributed by atoms with Crippen LogP contribution in [0.25, 0.3) is 0 Å². The van der Waals surface area contributed by atoms with Crippen molar-refractivity contribution in [2.75, 3.05) is 13.6 Å². The SMILES string of the molecule is Cc1ccccc1CN(C)CC(O)C1CC1. The lowest BCUT2D eigenvalue weighted by Gasteiger charge is -2.21. The molecule has 2 heteroatoms. The van der Waals surface area contributed by atoms with Crippen molar-refractivity contribution in [1.29, 1.82) is 0 Å². The van der Waals surface area contributed by atoms with Gasteiger partial charge in [-0.1, -0.05) is 24.3 Å². The van der Waals surface area contributed by atoms with Crippen LogP contribution in [0.2, 0.25) is 0 Å². The van der Waals surface area contributed by atoms with Crippen LogP contribution in [0, 0.1) is 12.8 Å². The van der Waals surface area contributed by atoms with Gasteiger partial charge in [-0.25, -0.2) is 0 Å². The Bertz CT molecular complexity index is 346. The minimum atomic E-state index is -0.131. The number of benzene rings is 1. The van der Waals surface area contributed by atoms with E-state index in [2.05, 4.69) is 43.1 Å². The molecule has 1 aliphatic carbocycles. The molecule has 0 saturated heterocycles. The van der Waals surface area contributed by atoms with Gasteiger partial charge in [-0.2, -0.15) is 0 Å². The molecule has 1 aromatic rings. The van der Waals surface area contributed by atoms with E-state index in [1.54, 1.807) is 0 Å². The fourth-order valence-corrected chi connectivity index (χ4v) is 2.09.